The lowest BCUT2D eigenvalue weighted by Crippen LogP contribution is -2.39. The number of benzene rings is 1. The summed E-state index contributed by atoms with van der Waals surface area (Å²) in [6.45, 7) is 8.14. The molecule has 5 nitrogen and oxygen atoms in total. The molecule has 2 heterocycles. The minimum Gasteiger partial charge on any atom is -0.476 e. The minimum absolute atomic E-state index is 0.0352. The van der Waals surface area contributed by atoms with Crippen LogP contribution in [-0.4, -0.2) is 40.7 Å². The Bertz CT molecular complexity index is 779. The smallest absolute Gasteiger partial charge is 0.253 e. The van der Waals surface area contributed by atoms with Crippen molar-refractivity contribution in [3.63, 3.8) is 0 Å². The Kier molecular flexibility index (Phi) is 5.73. The Balaban J connectivity index is 1.47. The Morgan fingerprint density at radius 1 is 1.19 bits per heavy atom. The van der Waals surface area contributed by atoms with E-state index in [-0.39, 0.29) is 17.1 Å². The third-order valence-electron chi connectivity index (χ3n) is 4.85. The Hall–Kier alpha value is -2.50. The zero-order chi connectivity index (χ0) is 19.4. The fourth-order valence-corrected chi connectivity index (χ4v) is 3.11. The summed E-state index contributed by atoms with van der Waals surface area (Å²) in [6, 6.07) is 9.66. The van der Waals surface area contributed by atoms with E-state index in [4.69, 9.17) is 4.74 Å². The van der Waals surface area contributed by atoms with Crippen molar-refractivity contribution in [1.82, 2.24) is 15.1 Å². The molecule has 0 radical (unpaired) electrons. The van der Waals surface area contributed by atoms with E-state index in [1.807, 2.05) is 12.1 Å². The van der Waals surface area contributed by atoms with Gasteiger partial charge in [-0.2, -0.15) is 5.10 Å². The van der Waals surface area contributed by atoms with Crippen LogP contribution in [0.1, 0.15) is 49.7 Å². The SMILES string of the molecule is CC(C)(C)c1ccc(OCC2CCN(C(=O)c3cccc(F)c3)CC2)nn1. The van der Waals surface area contributed by atoms with Gasteiger partial charge in [0.05, 0.1) is 12.3 Å². The number of piperidine rings is 1. The molecule has 1 fully saturated rings. The first kappa shape index (κ1) is 19.3. The van der Waals surface area contributed by atoms with Crippen molar-refractivity contribution < 1.29 is 13.9 Å². The molecule has 1 amide bonds. The van der Waals surface area contributed by atoms with Crippen molar-refractivity contribution in [2.45, 2.75) is 39.0 Å². The molecule has 0 unspecified atom stereocenters. The van der Waals surface area contributed by atoms with E-state index in [9.17, 15) is 9.18 Å². The summed E-state index contributed by atoms with van der Waals surface area (Å²) in [4.78, 5) is 14.2. The van der Waals surface area contributed by atoms with E-state index in [0.717, 1.165) is 18.5 Å². The molecule has 1 aromatic heterocycles. The topological polar surface area (TPSA) is 55.3 Å². The number of hydrogen-bond donors (Lipinski definition) is 0. The number of carbonyl (C=O) groups excluding carboxylic acids is 1. The second-order valence-corrected chi connectivity index (χ2v) is 8.06. The third kappa shape index (κ3) is 5.02. The predicted octanol–water partition coefficient (Wildman–Crippen LogP) is 3.84. The van der Waals surface area contributed by atoms with Gasteiger partial charge in [0.2, 0.25) is 5.88 Å². The van der Waals surface area contributed by atoms with Gasteiger partial charge >= 0.3 is 0 Å². The normalized spacial score (nSPS) is 15.6. The van der Waals surface area contributed by atoms with E-state index in [1.54, 1.807) is 17.0 Å². The molecule has 3 rings (SSSR count). The van der Waals surface area contributed by atoms with Crippen molar-refractivity contribution in [2.24, 2.45) is 5.92 Å². The van der Waals surface area contributed by atoms with Gasteiger partial charge in [-0.05, 0) is 43.0 Å². The van der Waals surface area contributed by atoms with E-state index >= 15 is 0 Å². The zero-order valence-corrected chi connectivity index (χ0v) is 16.1. The van der Waals surface area contributed by atoms with Crippen LogP contribution in [-0.2, 0) is 5.41 Å². The molecule has 2 aromatic rings. The number of likely N-dealkylation sites (tertiary alicyclic amines) is 1. The molecule has 0 N–H and O–H groups in total. The molecule has 27 heavy (non-hydrogen) atoms. The number of hydrogen-bond acceptors (Lipinski definition) is 4. The molecular weight excluding hydrogens is 345 g/mol. The Morgan fingerprint density at radius 2 is 1.93 bits per heavy atom. The number of nitrogens with zero attached hydrogens (tertiary/aromatic N) is 3. The molecule has 1 aliphatic heterocycles. The summed E-state index contributed by atoms with van der Waals surface area (Å²) in [5.41, 5.74) is 1.30. The fourth-order valence-electron chi connectivity index (χ4n) is 3.11. The van der Waals surface area contributed by atoms with Crippen LogP contribution in [0.25, 0.3) is 0 Å². The molecule has 0 atom stereocenters. The minimum atomic E-state index is -0.386. The standard InChI is InChI=1S/C21H26FN3O2/c1-21(2,3)18-7-8-19(24-23-18)27-14-15-9-11-25(12-10-15)20(26)16-5-4-6-17(22)13-16/h4-8,13,15H,9-12,14H2,1-3H3. The van der Waals surface area contributed by atoms with Gasteiger partial charge in [0.1, 0.15) is 5.82 Å². The van der Waals surface area contributed by atoms with Crippen molar-refractivity contribution >= 4 is 5.91 Å². The first-order valence-electron chi connectivity index (χ1n) is 9.35. The molecule has 1 aromatic carbocycles. The predicted molar refractivity (Wildman–Crippen MR) is 101 cm³/mol. The van der Waals surface area contributed by atoms with Crippen LogP contribution in [0.15, 0.2) is 36.4 Å². The fraction of sp³-hybridized carbons (Fsp3) is 0.476. The van der Waals surface area contributed by atoms with Crippen molar-refractivity contribution in [1.29, 1.82) is 0 Å². The van der Waals surface area contributed by atoms with E-state index in [1.165, 1.54) is 12.1 Å². The maximum atomic E-state index is 13.3. The first-order valence-corrected chi connectivity index (χ1v) is 9.35. The van der Waals surface area contributed by atoms with E-state index < -0.39 is 0 Å². The van der Waals surface area contributed by atoms with Crippen LogP contribution >= 0.6 is 0 Å². The largest absolute Gasteiger partial charge is 0.476 e. The lowest BCUT2D eigenvalue weighted by molar-refractivity contribution is 0.0658. The van der Waals surface area contributed by atoms with Gasteiger partial charge < -0.3 is 9.64 Å². The lowest BCUT2D eigenvalue weighted by atomic mass is 9.92. The summed E-state index contributed by atoms with van der Waals surface area (Å²) in [6.07, 6.45) is 1.71. The average molecular weight is 371 g/mol. The molecule has 0 spiro atoms. The number of aromatic nitrogens is 2. The molecule has 0 saturated carbocycles. The van der Waals surface area contributed by atoms with Crippen LogP contribution in [0.2, 0.25) is 0 Å². The van der Waals surface area contributed by atoms with Crippen LogP contribution in [0.3, 0.4) is 0 Å². The molecular formula is C21H26FN3O2. The van der Waals surface area contributed by atoms with Gasteiger partial charge in [-0.15, -0.1) is 5.10 Å². The van der Waals surface area contributed by atoms with Crippen molar-refractivity contribution in [3.8, 4) is 5.88 Å². The number of amides is 1. The van der Waals surface area contributed by atoms with Gasteiger partial charge in [-0.25, -0.2) is 4.39 Å². The quantitative estimate of drug-likeness (QED) is 0.819. The highest BCUT2D eigenvalue weighted by Gasteiger charge is 2.24. The van der Waals surface area contributed by atoms with Crippen LogP contribution in [0.5, 0.6) is 5.88 Å². The van der Waals surface area contributed by atoms with Gasteiger partial charge in [-0.3, -0.25) is 4.79 Å². The molecule has 6 heteroatoms. The highest BCUT2D eigenvalue weighted by molar-refractivity contribution is 5.94. The third-order valence-corrected chi connectivity index (χ3v) is 4.85. The average Bonchev–Trinajstić information content (AvgIpc) is 2.66. The van der Waals surface area contributed by atoms with Gasteiger partial charge in [0.25, 0.3) is 5.91 Å². The number of halogens is 1. The summed E-state index contributed by atoms with van der Waals surface area (Å²) < 4.78 is 19.1. The first-order chi connectivity index (χ1) is 12.8. The molecule has 144 valence electrons. The van der Waals surface area contributed by atoms with Gasteiger partial charge in [0.15, 0.2) is 0 Å². The highest BCUT2D eigenvalue weighted by Crippen LogP contribution is 2.22. The Morgan fingerprint density at radius 3 is 2.52 bits per heavy atom. The second kappa shape index (κ2) is 8.03. The van der Waals surface area contributed by atoms with Crippen LogP contribution in [0.4, 0.5) is 4.39 Å². The van der Waals surface area contributed by atoms with Crippen molar-refractivity contribution in [2.75, 3.05) is 19.7 Å². The number of rotatable bonds is 4. The number of ether oxygens (including phenoxy) is 1. The summed E-state index contributed by atoms with van der Waals surface area (Å²) in [5, 5.41) is 8.38. The zero-order valence-electron chi connectivity index (χ0n) is 16.1. The van der Waals surface area contributed by atoms with Crippen molar-refractivity contribution in [3.05, 3.63) is 53.5 Å². The van der Waals surface area contributed by atoms with E-state index in [2.05, 4.69) is 31.0 Å². The monoisotopic (exact) mass is 371 g/mol. The van der Waals surface area contributed by atoms with Gasteiger partial charge in [-0.1, -0.05) is 26.8 Å². The molecule has 1 saturated heterocycles. The van der Waals surface area contributed by atoms with Crippen LogP contribution < -0.4 is 4.74 Å². The maximum absolute atomic E-state index is 13.3. The summed E-state index contributed by atoms with van der Waals surface area (Å²) in [5.74, 6) is 0.396. The summed E-state index contributed by atoms with van der Waals surface area (Å²) in [7, 11) is 0. The lowest BCUT2D eigenvalue weighted by Gasteiger charge is -2.31. The molecule has 0 aliphatic carbocycles. The second-order valence-electron chi connectivity index (χ2n) is 8.06. The highest BCUT2D eigenvalue weighted by atomic mass is 19.1. The van der Waals surface area contributed by atoms with Gasteiger partial charge in [0, 0.05) is 30.1 Å². The van der Waals surface area contributed by atoms with Crippen LogP contribution in [0, 0.1) is 11.7 Å². The maximum Gasteiger partial charge on any atom is 0.253 e. The molecule has 0 bridgehead atoms. The molecule has 1 aliphatic rings. The number of carbonyl (C=O) groups is 1. The van der Waals surface area contributed by atoms with E-state index in [0.29, 0.717) is 37.1 Å². The summed E-state index contributed by atoms with van der Waals surface area (Å²) >= 11 is 0. The Labute approximate surface area is 159 Å².